The van der Waals surface area contributed by atoms with E-state index in [1.807, 2.05) is 11.7 Å². The molecule has 0 bridgehead atoms. The number of rotatable bonds is 4. The van der Waals surface area contributed by atoms with Gasteiger partial charge in [-0.3, -0.25) is 4.68 Å². The van der Waals surface area contributed by atoms with Gasteiger partial charge in [-0.15, -0.1) is 11.6 Å². The van der Waals surface area contributed by atoms with Gasteiger partial charge in [-0.05, 0) is 19.3 Å². The van der Waals surface area contributed by atoms with E-state index < -0.39 is 0 Å². The minimum Gasteiger partial charge on any atom is -0.381 e. The maximum Gasteiger partial charge on any atom is 0.158 e. The van der Waals surface area contributed by atoms with Crippen molar-refractivity contribution in [3.8, 4) is 0 Å². The topological polar surface area (TPSA) is 44.9 Å². The molecule has 3 heterocycles. The minimum absolute atomic E-state index is 0.436. The molecule has 20 heavy (non-hydrogen) atoms. The van der Waals surface area contributed by atoms with Crippen molar-refractivity contribution in [2.75, 3.05) is 13.2 Å². The summed E-state index contributed by atoms with van der Waals surface area (Å²) in [5.74, 6) is 1.92. The van der Waals surface area contributed by atoms with Crippen molar-refractivity contribution >= 4 is 22.8 Å². The van der Waals surface area contributed by atoms with Crippen molar-refractivity contribution in [2.45, 2.75) is 38.6 Å². The van der Waals surface area contributed by atoms with Gasteiger partial charge in [0.05, 0.1) is 18.2 Å². The Hall–Kier alpha value is -1.07. The third-order valence-electron chi connectivity index (χ3n) is 4.02. The van der Waals surface area contributed by atoms with E-state index >= 15 is 0 Å². The Morgan fingerprint density at radius 1 is 1.45 bits per heavy atom. The fourth-order valence-corrected chi connectivity index (χ4v) is 3.23. The molecule has 1 saturated heterocycles. The highest BCUT2D eigenvalue weighted by molar-refractivity contribution is 6.16. The van der Waals surface area contributed by atoms with Crippen LogP contribution < -0.4 is 0 Å². The standard InChI is InChI=1S/C14H21ClN4O/c1-3-11-13-14(18(2)17-11)19(12(7-15)16-13)8-10-5-4-6-20-9-10/h10H,3-9H2,1-2H3. The van der Waals surface area contributed by atoms with Gasteiger partial charge in [-0.1, -0.05) is 6.92 Å². The fraction of sp³-hybridized carbons (Fsp3) is 0.714. The quantitative estimate of drug-likeness (QED) is 0.814. The van der Waals surface area contributed by atoms with Crippen LogP contribution in [0.5, 0.6) is 0 Å². The second kappa shape index (κ2) is 5.74. The normalized spacial score (nSPS) is 19.9. The first-order valence-corrected chi connectivity index (χ1v) is 7.82. The Balaban J connectivity index is 2.00. The highest BCUT2D eigenvalue weighted by Gasteiger charge is 2.22. The Labute approximate surface area is 123 Å². The summed E-state index contributed by atoms with van der Waals surface area (Å²) in [6, 6.07) is 0. The summed E-state index contributed by atoms with van der Waals surface area (Å²) in [4.78, 5) is 4.70. The van der Waals surface area contributed by atoms with E-state index in [9.17, 15) is 0 Å². The van der Waals surface area contributed by atoms with Crippen LogP contribution in [0, 0.1) is 5.92 Å². The molecule has 5 nitrogen and oxygen atoms in total. The predicted molar refractivity (Wildman–Crippen MR) is 79.0 cm³/mol. The molecule has 0 spiro atoms. The number of alkyl halides is 1. The Bertz CT molecular complexity index is 598. The second-order valence-corrected chi connectivity index (χ2v) is 5.72. The number of halogens is 1. The molecule has 110 valence electrons. The predicted octanol–water partition coefficient (Wildman–Crippen LogP) is 2.50. The zero-order valence-electron chi connectivity index (χ0n) is 12.1. The number of hydrogen-bond donors (Lipinski definition) is 0. The Morgan fingerprint density at radius 3 is 2.95 bits per heavy atom. The molecular formula is C14H21ClN4O. The molecule has 1 fully saturated rings. The zero-order valence-corrected chi connectivity index (χ0v) is 12.9. The fourth-order valence-electron chi connectivity index (χ4n) is 3.03. The zero-order chi connectivity index (χ0) is 14.1. The van der Waals surface area contributed by atoms with Crippen LogP contribution in [0.4, 0.5) is 0 Å². The number of aromatic nitrogens is 4. The van der Waals surface area contributed by atoms with E-state index in [1.54, 1.807) is 0 Å². The molecule has 1 atom stereocenters. The third kappa shape index (κ3) is 2.33. The summed E-state index contributed by atoms with van der Waals surface area (Å²) in [7, 11) is 1.98. The molecule has 0 radical (unpaired) electrons. The maximum absolute atomic E-state index is 6.08. The summed E-state index contributed by atoms with van der Waals surface area (Å²) in [6.45, 7) is 4.75. The molecule has 0 N–H and O–H groups in total. The third-order valence-corrected chi connectivity index (χ3v) is 4.26. The summed E-state index contributed by atoms with van der Waals surface area (Å²) >= 11 is 6.08. The van der Waals surface area contributed by atoms with Crippen molar-refractivity contribution in [1.82, 2.24) is 19.3 Å². The van der Waals surface area contributed by atoms with Crippen LogP contribution >= 0.6 is 11.6 Å². The van der Waals surface area contributed by atoms with Crippen LogP contribution in [0.1, 0.15) is 31.3 Å². The second-order valence-electron chi connectivity index (χ2n) is 5.45. The molecule has 6 heteroatoms. The largest absolute Gasteiger partial charge is 0.381 e. The summed E-state index contributed by atoms with van der Waals surface area (Å²) in [6.07, 6.45) is 3.24. The van der Waals surface area contributed by atoms with Crippen molar-refractivity contribution in [3.05, 3.63) is 11.5 Å². The number of aryl methyl sites for hydroxylation is 2. The van der Waals surface area contributed by atoms with Gasteiger partial charge >= 0.3 is 0 Å². The lowest BCUT2D eigenvalue weighted by Gasteiger charge is -2.23. The average molecular weight is 297 g/mol. The van der Waals surface area contributed by atoms with Crippen molar-refractivity contribution in [3.63, 3.8) is 0 Å². The smallest absolute Gasteiger partial charge is 0.158 e. The van der Waals surface area contributed by atoms with Gasteiger partial charge in [-0.25, -0.2) is 4.98 Å². The van der Waals surface area contributed by atoms with E-state index in [0.717, 1.165) is 55.3 Å². The Kier molecular flexibility index (Phi) is 3.98. The van der Waals surface area contributed by atoms with Crippen LogP contribution in [-0.4, -0.2) is 32.5 Å². The van der Waals surface area contributed by atoms with Gasteiger partial charge in [0, 0.05) is 26.1 Å². The first-order chi connectivity index (χ1) is 9.74. The molecule has 0 amide bonds. The monoisotopic (exact) mass is 296 g/mol. The van der Waals surface area contributed by atoms with Crippen molar-refractivity contribution in [1.29, 1.82) is 0 Å². The van der Waals surface area contributed by atoms with Gasteiger partial charge in [0.25, 0.3) is 0 Å². The lowest BCUT2D eigenvalue weighted by Crippen LogP contribution is -2.23. The van der Waals surface area contributed by atoms with Gasteiger partial charge in [0.15, 0.2) is 5.65 Å². The van der Waals surface area contributed by atoms with Crippen molar-refractivity contribution in [2.24, 2.45) is 13.0 Å². The average Bonchev–Trinajstić information content (AvgIpc) is 2.98. The molecule has 0 saturated carbocycles. The maximum atomic E-state index is 6.08. The van der Waals surface area contributed by atoms with Crippen LogP contribution in [0.25, 0.3) is 11.2 Å². The number of hydrogen-bond acceptors (Lipinski definition) is 3. The van der Waals surface area contributed by atoms with Gasteiger partial charge in [0.2, 0.25) is 0 Å². The van der Waals surface area contributed by atoms with Gasteiger partial charge < -0.3 is 9.30 Å². The number of imidazole rings is 1. The lowest BCUT2D eigenvalue weighted by atomic mass is 10.0. The molecule has 0 aliphatic carbocycles. The summed E-state index contributed by atoms with van der Waals surface area (Å²) in [5.41, 5.74) is 3.14. The minimum atomic E-state index is 0.436. The molecule has 1 aliphatic rings. The lowest BCUT2D eigenvalue weighted by molar-refractivity contribution is 0.0484. The van der Waals surface area contributed by atoms with Gasteiger partial charge in [0.1, 0.15) is 11.3 Å². The molecule has 2 aromatic rings. The van der Waals surface area contributed by atoms with E-state index in [1.165, 1.54) is 6.42 Å². The van der Waals surface area contributed by atoms with E-state index in [-0.39, 0.29) is 0 Å². The van der Waals surface area contributed by atoms with E-state index in [4.69, 9.17) is 21.3 Å². The highest BCUT2D eigenvalue weighted by atomic mass is 35.5. The first kappa shape index (κ1) is 13.9. The van der Waals surface area contributed by atoms with Crippen LogP contribution in [0.2, 0.25) is 0 Å². The summed E-state index contributed by atoms with van der Waals surface area (Å²) < 4.78 is 9.75. The number of ether oxygens (including phenoxy) is 1. The van der Waals surface area contributed by atoms with Crippen LogP contribution in [0.3, 0.4) is 0 Å². The van der Waals surface area contributed by atoms with E-state index in [0.29, 0.717) is 11.8 Å². The summed E-state index contributed by atoms with van der Waals surface area (Å²) in [5, 5.41) is 4.56. The molecule has 1 aliphatic heterocycles. The van der Waals surface area contributed by atoms with Crippen LogP contribution in [-0.2, 0) is 30.6 Å². The molecule has 2 aromatic heterocycles. The molecule has 3 rings (SSSR count). The Morgan fingerprint density at radius 2 is 2.30 bits per heavy atom. The van der Waals surface area contributed by atoms with Gasteiger partial charge in [-0.2, -0.15) is 5.10 Å². The van der Waals surface area contributed by atoms with E-state index in [2.05, 4.69) is 16.6 Å². The van der Waals surface area contributed by atoms with Crippen molar-refractivity contribution < 1.29 is 4.74 Å². The molecular weight excluding hydrogens is 276 g/mol. The first-order valence-electron chi connectivity index (χ1n) is 7.29. The SMILES string of the molecule is CCc1nn(C)c2c1nc(CCl)n2CC1CCCOC1. The highest BCUT2D eigenvalue weighted by Crippen LogP contribution is 2.24. The number of nitrogens with zero attached hydrogens (tertiary/aromatic N) is 4. The van der Waals surface area contributed by atoms with Crippen LogP contribution in [0.15, 0.2) is 0 Å². The molecule has 0 aromatic carbocycles. The molecule has 1 unspecified atom stereocenters. The number of fused-ring (bicyclic) bond motifs is 1.